The molecule has 0 spiro atoms. The van der Waals surface area contributed by atoms with E-state index in [1.54, 1.807) is 0 Å². The van der Waals surface area contributed by atoms with Crippen LogP contribution in [-0.2, 0) is 6.54 Å². The van der Waals surface area contributed by atoms with Gasteiger partial charge in [0.25, 0.3) is 0 Å². The van der Waals surface area contributed by atoms with Gasteiger partial charge in [0.1, 0.15) is 12.4 Å². The lowest BCUT2D eigenvalue weighted by Crippen LogP contribution is -2.33. The van der Waals surface area contributed by atoms with Gasteiger partial charge in [0.15, 0.2) is 0 Å². The average Bonchev–Trinajstić information content (AvgIpc) is 2.51. The first-order valence-electron chi connectivity index (χ1n) is 8.14. The van der Waals surface area contributed by atoms with E-state index in [1.165, 1.54) is 32.4 Å². The highest BCUT2D eigenvalue weighted by Crippen LogP contribution is 2.26. The molecule has 1 aromatic rings. The van der Waals surface area contributed by atoms with Gasteiger partial charge in [-0.2, -0.15) is 0 Å². The molecule has 1 aliphatic heterocycles. The molecule has 1 heterocycles. The predicted octanol–water partition coefficient (Wildman–Crippen LogP) is 3.70. The van der Waals surface area contributed by atoms with E-state index >= 15 is 0 Å². The van der Waals surface area contributed by atoms with Gasteiger partial charge in [-0.15, -0.1) is 0 Å². The Morgan fingerprint density at radius 2 is 2.05 bits per heavy atom. The number of nitrogens with one attached hydrogen (secondary N) is 1. The topological polar surface area (TPSA) is 24.5 Å². The molecule has 0 aromatic heterocycles. The maximum atomic E-state index is 6.31. The molecule has 21 heavy (non-hydrogen) atoms. The van der Waals surface area contributed by atoms with Crippen molar-refractivity contribution in [1.29, 1.82) is 0 Å². The third-order valence-electron chi connectivity index (χ3n) is 3.92. The second-order valence-electron chi connectivity index (χ2n) is 5.64. The molecular formula is C17H27ClN2O. The predicted molar refractivity (Wildman–Crippen MR) is 89.2 cm³/mol. The Morgan fingerprint density at radius 1 is 1.24 bits per heavy atom. The van der Waals surface area contributed by atoms with Crippen LogP contribution >= 0.6 is 11.6 Å². The first kappa shape index (κ1) is 16.6. The quantitative estimate of drug-likeness (QED) is 0.741. The molecule has 0 aliphatic carbocycles. The van der Waals surface area contributed by atoms with E-state index in [9.17, 15) is 0 Å². The smallest absolute Gasteiger partial charge is 0.125 e. The summed E-state index contributed by atoms with van der Waals surface area (Å²) in [7, 11) is 0. The van der Waals surface area contributed by atoms with Gasteiger partial charge < -0.3 is 10.1 Å². The van der Waals surface area contributed by atoms with E-state index in [0.29, 0.717) is 0 Å². The molecule has 0 amide bonds. The third kappa shape index (κ3) is 5.50. The van der Waals surface area contributed by atoms with Gasteiger partial charge in [0, 0.05) is 23.7 Å². The van der Waals surface area contributed by atoms with Gasteiger partial charge >= 0.3 is 0 Å². The van der Waals surface area contributed by atoms with Crippen molar-refractivity contribution in [3.63, 3.8) is 0 Å². The number of hydrogen-bond acceptors (Lipinski definition) is 3. The van der Waals surface area contributed by atoms with Gasteiger partial charge in [0.05, 0.1) is 0 Å². The van der Waals surface area contributed by atoms with E-state index < -0.39 is 0 Å². The minimum atomic E-state index is 0.737. The summed E-state index contributed by atoms with van der Waals surface area (Å²) in [5.41, 5.74) is 1.08. The van der Waals surface area contributed by atoms with Crippen LogP contribution in [0, 0.1) is 0 Å². The Kier molecular flexibility index (Phi) is 7.34. The standard InChI is InChI=1S/C17H27ClN2O/c1-2-9-19-14-15-16(18)7-6-8-17(15)21-13-12-20-10-4-3-5-11-20/h6-8,19H,2-5,9-14H2,1H3. The molecule has 0 bridgehead atoms. The second-order valence-corrected chi connectivity index (χ2v) is 6.05. The Hall–Kier alpha value is -0.770. The van der Waals surface area contributed by atoms with Crippen molar-refractivity contribution >= 4 is 11.6 Å². The van der Waals surface area contributed by atoms with Crippen LogP contribution in [0.15, 0.2) is 18.2 Å². The van der Waals surface area contributed by atoms with Crippen molar-refractivity contribution in [2.75, 3.05) is 32.8 Å². The normalized spacial score (nSPS) is 16.1. The summed E-state index contributed by atoms with van der Waals surface area (Å²) in [6.07, 6.45) is 5.14. The molecule has 0 radical (unpaired) electrons. The van der Waals surface area contributed by atoms with Crippen molar-refractivity contribution in [1.82, 2.24) is 10.2 Å². The fourth-order valence-electron chi connectivity index (χ4n) is 2.70. The zero-order valence-corrected chi connectivity index (χ0v) is 13.8. The lowest BCUT2D eigenvalue weighted by molar-refractivity contribution is 0.182. The number of likely N-dealkylation sites (tertiary alicyclic amines) is 1. The highest BCUT2D eigenvalue weighted by atomic mass is 35.5. The lowest BCUT2D eigenvalue weighted by atomic mass is 10.1. The highest BCUT2D eigenvalue weighted by Gasteiger charge is 2.11. The van der Waals surface area contributed by atoms with Crippen LogP contribution in [0.1, 0.15) is 38.2 Å². The summed E-state index contributed by atoms with van der Waals surface area (Å²) in [6.45, 7) is 8.10. The molecule has 1 fully saturated rings. The van der Waals surface area contributed by atoms with Crippen LogP contribution in [0.25, 0.3) is 0 Å². The SMILES string of the molecule is CCCNCc1c(Cl)cccc1OCCN1CCCCC1. The number of benzene rings is 1. The molecule has 118 valence electrons. The zero-order valence-electron chi connectivity index (χ0n) is 13.0. The van der Waals surface area contributed by atoms with Crippen molar-refractivity contribution < 1.29 is 4.74 Å². The summed E-state index contributed by atoms with van der Waals surface area (Å²) in [4.78, 5) is 2.49. The number of nitrogens with zero attached hydrogens (tertiary/aromatic N) is 1. The molecule has 0 saturated carbocycles. The Morgan fingerprint density at radius 3 is 2.81 bits per heavy atom. The van der Waals surface area contributed by atoms with E-state index in [2.05, 4.69) is 17.1 Å². The van der Waals surface area contributed by atoms with Gasteiger partial charge in [0.2, 0.25) is 0 Å². The summed E-state index contributed by atoms with van der Waals surface area (Å²) in [5.74, 6) is 0.920. The van der Waals surface area contributed by atoms with Gasteiger partial charge in [-0.1, -0.05) is 31.0 Å². The molecule has 3 nitrogen and oxygen atoms in total. The van der Waals surface area contributed by atoms with E-state index in [0.717, 1.165) is 49.0 Å². The first-order valence-corrected chi connectivity index (χ1v) is 8.52. The number of ether oxygens (including phenoxy) is 1. The Balaban J connectivity index is 1.84. The fraction of sp³-hybridized carbons (Fsp3) is 0.647. The second kappa shape index (κ2) is 9.29. The monoisotopic (exact) mass is 310 g/mol. The van der Waals surface area contributed by atoms with E-state index in [-0.39, 0.29) is 0 Å². The Labute approximate surface area is 133 Å². The molecule has 1 saturated heterocycles. The number of rotatable bonds is 8. The van der Waals surface area contributed by atoms with Crippen LogP contribution in [0.2, 0.25) is 5.02 Å². The molecule has 1 aliphatic rings. The van der Waals surface area contributed by atoms with E-state index in [1.807, 2.05) is 18.2 Å². The first-order chi connectivity index (χ1) is 10.3. The fourth-order valence-corrected chi connectivity index (χ4v) is 2.94. The van der Waals surface area contributed by atoms with Crippen LogP contribution in [0.5, 0.6) is 5.75 Å². The number of hydrogen-bond donors (Lipinski definition) is 1. The van der Waals surface area contributed by atoms with Gasteiger partial charge in [-0.05, 0) is 51.0 Å². The Bertz CT molecular complexity index is 419. The maximum absolute atomic E-state index is 6.31. The molecular weight excluding hydrogens is 284 g/mol. The largest absolute Gasteiger partial charge is 0.492 e. The van der Waals surface area contributed by atoms with Gasteiger partial charge in [-0.25, -0.2) is 0 Å². The van der Waals surface area contributed by atoms with Crippen LogP contribution in [0.3, 0.4) is 0 Å². The summed E-state index contributed by atoms with van der Waals surface area (Å²) in [5, 5.41) is 4.18. The molecule has 1 aromatic carbocycles. The molecule has 1 N–H and O–H groups in total. The summed E-state index contributed by atoms with van der Waals surface area (Å²) < 4.78 is 5.99. The molecule has 0 unspecified atom stereocenters. The molecule has 0 atom stereocenters. The van der Waals surface area contributed by atoms with Crippen molar-refractivity contribution in [2.24, 2.45) is 0 Å². The molecule has 2 rings (SSSR count). The average molecular weight is 311 g/mol. The summed E-state index contributed by atoms with van der Waals surface area (Å²) in [6, 6.07) is 5.91. The highest BCUT2D eigenvalue weighted by molar-refractivity contribution is 6.31. The van der Waals surface area contributed by atoms with Crippen LogP contribution in [-0.4, -0.2) is 37.7 Å². The van der Waals surface area contributed by atoms with Crippen molar-refractivity contribution in [2.45, 2.75) is 39.2 Å². The van der Waals surface area contributed by atoms with Crippen LogP contribution in [0.4, 0.5) is 0 Å². The van der Waals surface area contributed by atoms with Crippen LogP contribution < -0.4 is 10.1 Å². The number of piperidine rings is 1. The van der Waals surface area contributed by atoms with Crippen molar-refractivity contribution in [3.05, 3.63) is 28.8 Å². The third-order valence-corrected chi connectivity index (χ3v) is 4.27. The minimum Gasteiger partial charge on any atom is -0.492 e. The summed E-state index contributed by atoms with van der Waals surface area (Å²) >= 11 is 6.31. The van der Waals surface area contributed by atoms with E-state index in [4.69, 9.17) is 16.3 Å². The zero-order chi connectivity index (χ0) is 14.9. The number of halogens is 1. The molecule has 4 heteroatoms. The van der Waals surface area contributed by atoms with Crippen molar-refractivity contribution in [3.8, 4) is 5.75 Å². The maximum Gasteiger partial charge on any atom is 0.125 e. The minimum absolute atomic E-state index is 0.737. The lowest BCUT2D eigenvalue weighted by Gasteiger charge is -2.26. The van der Waals surface area contributed by atoms with Gasteiger partial charge in [-0.3, -0.25) is 4.90 Å².